The highest BCUT2D eigenvalue weighted by molar-refractivity contribution is 7.98. The standard InChI is InChI=1S/C11H22N2O3S/c1-5-9(7-17-4)13(3)6-10(11(15)16)12-8(2)14/h9-10H,5-7H2,1-4H3,(H,12,14)(H,15,16). The van der Waals surface area contributed by atoms with Gasteiger partial charge in [0.2, 0.25) is 5.91 Å². The number of rotatable bonds is 8. The van der Waals surface area contributed by atoms with Gasteiger partial charge in [0.05, 0.1) is 0 Å². The maximum atomic E-state index is 11.0. The minimum absolute atomic E-state index is 0.316. The van der Waals surface area contributed by atoms with Crippen molar-refractivity contribution in [2.45, 2.75) is 32.4 Å². The van der Waals surface area contributed by atoms with Gasteiger partial charge in [-0.15, -0.1) is 0 Å². The molecule has 5 nitrogen and oxygen atoms in total. The summed E-state index contributed by atoms with van der Waals surface area (Å²) in [7, 11) is 1.89. The van der Waals surface area contributed by atoms with E-state index >= 15 is 0 Å². The Hall–Kier alpha value is -0.750. The number of aliphatic carboxylic acids is 1. The zero-order valence-electron chi connectivity index (χ0n) is 10.9. The summed E-state index contributed by atoms with van der Waals surface area (Å²) in [6.45, 7) is 3.73. The van der Waals surface area contributed by atoms with Crippen LogP contribution in [-0.2, 0) is 9.59 Å². The molecule has 1 amide bonds. The van der Waals surface area contributed by atoms with Gasteiger partial charge < -0.3 is 10.4 Å². The van der Waals surface area contributed by atoms with E-state index in [1.807, 2.05) is 18.2 Å². The van der Waals surface area contributed by atoms with E-state index in [-0.39, 0.29) is 5.91 Å². The van der Waals surface area contributed by atoms with E-state index in [1.165, 1.54) is 6.92 Å². The second-order valence-corrected chi connectivity index (χ2v) is 4.96. The Bertz CT molecular complexity index is 261. The van der Waals surface area contributed by atoms with Gasteiger partial charge in [0, 0.05) is 25.3 Å². The first kappa shape index (κ1) is 16.2. The van der Waals surface area contributed by atoms with E-state index in [0.29, 0.717) is 12.6 Å². The number of carbonyl (C=O) groups is 2. The smallest absolute Gasteiger partial charge is 0.327 e. The molecule has 0 rings (SSSR count). The second kappa shape index (κ2) is 8.36. The number of nitrogens with zero attached hydrogens (tertiary/aromatic N) is 1. The molecule has 0 aliphatic carbocycles. The number of hydrogen-bond donors (Lipinski definition) is 2. The highest BCUT2D eigenvalue weighted by atomic mass is 32.2. The predicted molar refractivity (Wildman–Crippen MR) is 70.3 cm³/mol. The van der Waals surface area contributed by atoms with Crippen LogP contribution in [0.5, 0.6) is 0 Å². The summed E-state index contributed by atoms with van der Waals surface area (Å²) < 4.78 is 0. The number of amides is 1. The fraction of sp³-hybridized carbons (Fsp3) is 0.818. The summed E-state index contributed by atoms with van der Waals surface area (Å²) >= 11 is 1.74. The molecule has 0 aromatic carbocycles. The monoisotopic (exact) mass is 262 g/mol. The molecule has 2 unspecified atom stereocenters. The lowest BCUT2D eigenvalue weighted by atomic mass is 10.2. The number of carbonyl (C=O) groups excluding carboxylic acids is 1. The number of thioether (sulfide) groups is 1. The molecule has 0 saturated heterocycles. The van der Waals surface area contributed by atoms with E-state index in [2.05, 4.69) is 12.2 Å². The van der Waals surface area contributed by atoms with Gasteiger partial charge in [-0.05, 0) is 19.7 Å². The van der Waals surface area contributed by atoms with Gasteiger partial charge in [-0.2, -0.15) is 11.8 Å². The van der Waals surface area contributed by atoms with E-state index in [4.69, 9.17) is 5.11 Å². The molecule has 0 bridgehead atoms. The molecule has 0 fully saturated rings. The molecule has 0 spiro atoms. The van der Waals surface area contributed by atoms with Gasteiger partial charge >= 0.3 is 5.97 Å². The van der Waals surface area contributed by atoms with Gasteiger partial charge in [-0.1, -0.05) is 6.92 Å². The maximum absolute atomic E-state index is 11.0. The third kappa shape index (κ3) is 6.53. The van der Waals surface area contributed by atoms with Crippen molar-refractivity contribution >= 4 is 23.6 Å². The lowest BCUT2D eigenvalue weighted by Crippen LogP contribution is -2.49. The minimum atomic E-state index is -0.994. The highest BCUT2D eigenvalue weighted by Gasteiger charge is 2.23. The van der Waals surface area contributed by atoms with Crippen LogP contribution < -0.4 is 5.32 Å². The SMILES string of the molecule is CCC(CSC)N(C)CC(NC(C)=O)C(=O)O. The lowest BCUT2D eigenvalue weighted by Gasteiger charge is -2.29. The zero-order valence-corrected chi connectivity index (χ0v) is 11.7. The van der Waals surface area contributed by atoms with Crippen LogP contribution in [0.3, 0.4) is 0 Å². The van der Waals surface area contributed by atoms with E-state index in [1.54, 1.807) is 11.8 Å². The second-order valence-electron chi connectivity index (χ2n) is 4.05. The van der Waals surface area contributed by atoms with Crippen molar-refractivity contribution in [3.8, 4) is 0 Å². The molecule has 2 N–H and O–H groups in total. The average molecular weight is 262 g/mol. The fourth-order valence-corrected chi connectivity index (χ4v) is 2.49. The number of nitrogens with one attached hydrogen (secondary N) is 1. The first-order valence-electron chi connectivity index (χ1n) is 5.61. The molecular formula is C11H22N2O3S. The highest BCUT2D eigenvalue weighted by Crippen LogP contribution is 2.08. The van der Waals surface area contributed by atoms with E-state index in [9.17, 15) is 9.59 Å². The van der Waals surface area contributed by atoms with Crippen LogP contribution in [0.25, 0.3) is 0 Å². The Morgan fingerprint density at radius 1 is 1.47 bits per heavy atom. The minimum Gasteiger partial charge on any atom is -0.480 e. The van der Waals surface area contributed by atoms with Crippen molar-refractivity contribution in [2.75, 3.05) is 25.6 Å². The molecule has 0 aromatic heterocycles. The summed E-state index contributed by atoms with van der Waals surface area (Å²) in [6.07, 6.45) is 2.99. The van der Waals surface area contributed by atoms with E-state index < -0.39 is 12.0 Å². The zero-order chi connectivity index (χ0) is 13.4. The molecule has 2 atom stereocenters. The molecule has 17 heavy (non-hydrogen) atoms. The van der Waals surface area contributed by atoms with Gasteiger partial charge in [0.15, 0.2) is 0 Å². The molecular weight excluding hydrogens is 240 g/mol. The quantitative estimate of drug-likeness (QED) is 0.672. The van der Waals surface area contributed by atoms with Crippen LogP contribution in [0.15, 0.2) is 0 Å². The van der Waals surface area contributed by atoms with Crippen molar-refractivity contribution in [1.29, 1.82) is 0 Å². The summed E-state index contributed by atoms with van der Waals surface area (Å²) in [5.74, 6) is -0.353. The number of likely N-dealkylation sites (N-methyl/N-ethyl adjacent to an activating group) is 1. The predicted octanol–water partition coefficient (Wildman–Crippen LogP) is 0.649. The van der Waals surface area contributed by atoms with Gasteiger partial charge in [0.1, 0.15) is 6.04 Å². The van der Waals surface area contributed by atoms with Crippen LogP contribution in [0.4, 0.5) is 0 Å². The van der Waals surface area contributed by atoms with Crippen molar-refractivity contribution in [3.05, 3.63) is 0 Å². The molecule has 0 aliphatic rings. The summed E-state index contributed by atoms with van der Waals surface area (Å²) in [4.78, 5) is 23.9. The van der Waals surface area contributed by atoms with Crippen LogP contribution in [0.1, 0.15) is 20.3 Å². The maximum Gasteiger partial charge on any atom is 0.327 e. The van der Waals surface area contributed by atoms with Crippen LogP contribution in [0.2, 0.25) is 0 Å². The Morgan fingerprint density at radius 2 is 2.06 bits per heavy atom. The average Bonchev–Trinajstić information content (AvgIpc) is 2.23. The topological polar surface area (TPSA) is 69.6 Å². The fourth-order valence-electron chi connectivity index (χ4n) is 1.62. The first-order valence-corrected chi connectivity index (χ1v) is 7.00. The lowest BCUT2D eigenvalue weighted by molar-refractivity contribution is -0.142. The molecule has 0 heterocycles. The van der Waals surface area contributed by atoms with Crippen molar-refractivity contribution in [3.63, 3.8) is 0 Å². The van der Waals surface area contributed by atoms with Gasteiger partial charge in [-0.25, -0.2) is 4.79 Å². The summed E-state index contributed by atoms with van der Waals surface area (Å²) in [6, 6.07) is -0.506. The van der Waals surface area contributed by atoms with Crippen molar-refractivity contribution in [2.24, 2.45) is 0 Å². The van der Waals surface area contributed by atoms with Gasteiger partial charge in [-0.3, -0.25) is 9.69 Å². The van der Waals surface area contributed by atoms with Crippen LogP contribution >= 0.6 is 11.8 Å². The third-order valence-electron chi connectivity index (χ3n) is 2.60. The summed E-state index contributed by atoms with van der Waals surface area (Å²) in [5.41, 5.74) is 0. The molecule has 0 aliphatic heterocycles. The Morgan fingerprint density at radius 3 is 2.41 bits per heavy atom. The van der Waals surface area contributed by atoms with Gasteiger partial charge in [0.25, 0.3) is 0 Å². The van der Waals surface area contributed by atoms with Crippen LogP contribution in [-0.4, -0.2) is 59.6 Å². The molecule has 0 aromatic rings. The largest absolute Gasteiger partial charge is 0.480 e. The number of carboxylic acid groups (broad SMARTS) is 1. The molecule has 0 radical (unpaired) electrons. The van der Waals surface area contributed by atoms with Crippen molar-refractivity contribution < 1.29 is 14.7 Å². The Kier molecular flexibility index (Phi) is 7.99. The third-order valence-corrected chi connectivity index (χ3v) is 3.32. The first-order chi connectivity index (χ1) is 7.92. The van der Waals surface area contributed by atoms with Crippen molar-refractivity contribution in [1.82, 2.24) is 10.2 Å². The number of hydrogen-bond acceptors (Lipinski definition) is 4. The number of carboxylic acids is 1. The molecule has 6 heteroatoms. The van der Waals surface area contributed by atoms with E-state index in [0.717, 1.165) is 12.2 Å². The molecule has 0 saturated carbocycles. The normalized spacial score (nSPS) is 14.4. The summed E-state index contributed by atoms with van der Waals surface area (Å²) in [5, 5.41) is 11.5. The Labute approximate surface area is 107 Å². The molecule has 100 valence electrons. The Balaban J connectivity index is 4.41. The van der Waals surface area contributed by atoms with Crippen LogP contribution in [0, 0.1) is 0 Å².